The molecule has 4 heteroatoms. The van der Waals surface area contributed by atoms with E-state index < -0.39 is 5.60 Å². The van der Waals surface area contributed by atoms with Gasteiger partial charge in [0.15, 0.2) is 0 Å². The second-order valence-corrected chi connectivity index (χ2v) is 8.46. The van der Waals surface area contributed by atoms with Crippen LogP contribution in [0.25, 0.3) is 5.57 Å². The van der Waals surface area contributed by atoms with Gasteiger partial charge >= 0.3 is 0 Å². The Kier molecular flexibility index (Phi) is 7.82. The summed E-state index contributed by atoms with van der Waals surface area (Å²) in [5.74, 6) is 0. The lowest BCUT2D eigenvalue weighted by molar-refractivity contribution is 0.0527. The molecule has 1 aliphatic heterocycles. The van der Waals surface area contributed by atoms with Gasteiger partial charge in [-0.1, -0.05) is 36.2 Å². The molecule has 28 heavy (non-hydrogen) atoms. The maximum atomic E-state index is 9.85. The largest absolute Gasteiger partial charge is 0.385 e. The van der Waals surface area contributed by atoms with E-state index in [-0.39, 0.29) is 0 Å². The van der Waals surface area contributed by atoms with Crippen molar-refractivity contribution in [3.8, 4) is 0 Å². The average molecular weight is 401 g/mol. The van der Waals surface area contributed by atoms with Crippen LogP contribution in [-0.4, -0.2) is 35.1 Å². The smallest absolute Gasteiger partial charge is 0.0880 e. The predicted molar refractivity (Wildman–Crippen MR) is 120 cm³/mol. The van der Waals surface area contributed by atoms with Crippen LogP contribution in [0.15, 0.2) is 42.1 Å². The fourth-order valence-electron chi connectivity index (χ4n) is 3.22. The van der Waals surface area contributed by atoms with Gasteiger partial charge in [0.1, 0.15) is 0 Å². The molecule has 152 valence electrons. The van der Waals surface area contributed by atoms with Crippen molar-refractivity contribution < 1.29 is 5.11 Å². The summed E-state index contributed by atoms with van der Waals surface area (Å²) in [5, 5.41) is 10.7. The van der Waals surface area contributed by atoms with Crippen molar-refractivity contribution in [3.05, 3.63) is 69.5 Å². The Morgan fingerprint density at radius 3 is 2.50 bits per heavy atom. The van der Waals surface area contributed by atoms with Crippen molar-refractivity contribution >= 4 is 17.2 Å². The molecular formula is C24H33ClN2O. The maximum Gasteiger partial charge on any atom is 0.0880 e. The number of hydrogen-bond acceptors (Lipinski definition) is 3. The van der Waals surface area contributed by atoms with E-state index in [1.54, 1.807) is 13.1 Å². The van der Waals surface area contributed by atoms with Gasteiger partial charge in [0, 0.05) is 35.6 Å². The SMILES string of the molecule is CC1=C(c2cc(Cl)ccc2C)CN(C)CC1.CCC(C)(O)c1ccc(C)nc1. The molecule has 1 aromatic carbocycles. The van der Waals surface area contributed by atoms with Crippen molar-refractivity contribution in [3.63, 3.8) is 0 Å². The fourth-order valence-corrected chi connectivity index (χ4v) is 3.39. The van der Waals surface area contributed by atoms with Crippen LogP contribution in [0.1, 0.15) is 56.0 Å². The van der Waals surface area contributed by atoms with Gasteiger partial charge in [-0.25, -0.2) is 0 Å². The van der Waals surface area contributed by atoms with Gasteiger partial charge in [-0.3, -0.25) is 4.98 Å². The first-order valence-electron chi connectivity index (χ1n) is 9.93. The summed E-state index contributed by atoms with van der Waals surface area (Å²) in [5.41, 5.74) is 6.71. The quantitative estimate of drug-likeness (QED) is 0.710. The molecule has 1 atom stereocenters. The molecular weight excluding hydrogens is 368 g/mol. The van der Waals surface area contributed by atoms with Crippen LogP contribution in [-0.2, 0) is 5.60 Å². The average Bonchev–Trinajstić information content (AvgIpc) is 2.66. The molecule has 0 aliphatic carbocycles. The minimum atomic E-state index is -0.735. The Morgan fingerprint density at radius 2 is 1.89 bits per heavy atom. The summed E-state index contributed by atoms with van der Waals surface area (Å²) < 4.78 is 0. The predicted octanol–water partition coefficient (Wildman–Crippen LogP) is 5.76. The van der Waals surface area contributed by atoms with Crippen molar-refractivity contribution in [2.45, 2.75) is 53.1 Å². The zero-order chi connectivity index (χ0) is 20.9. The molecule has 2 aromatic rings. The number of halogens is 1. The summed E-state index contributed by atoms with van der Waals surface area (Å²) in [4.78, 5) is 6.50. The van der Waals surface area contributed by atoms with E-state index in [9.17, 15) is 5.11 Å². The minimum Gasteiger partial charge on any atom is -0.385 e. The Bertz CT molecular complexity index is 825. The zero-order valence-electron chi connectivity index (χ0n) is 18.0. The van der Waals surface area contributed by atoms with Crippen LogP contribution in [0.3, 0.4) is 0 Å². The first kappa shape index (κ1) is 22.6. The van der Waals surface area contributed by atoms with E-state index in [0.717, 1.165) is 35.8 Å². The Labute approximate surface area is 175 Å². The molecule has 3 nitrogen and oxygen atoms in total. The topological polar surface area (TPSA) is 36.4 Å². The van der Waals surface area contributed by atoms with Gasteiger partial charge in [-0.2, -0.15) is 0 Å². The highest BCUT2D eigenvalue weighted by atomic mass is 35.5. The Balaban J connectivity index is 0.000000209. The molecule has 0 radical (unpaired) electrons. The van der Waals surface area contributed by atoms with Gasteiger partial charge in [0.25, 0.3) is 0 Å². The molecule has 0 bridgehead atoms. The molecule has 1 N–H and O–H groups in total. The number of likely N-dealkylation sites (N-methyl/N-ethyl adjacent to an activating group) is 1. The maximum absolute atomic E-state index is 9.85. The third kappa shape index (κ3) is 5.91. The fraction of sp³-hybridized carbons (Fsp3) is 0.458. The van der Waals surface area contributed by atoms with E-state index in [4.69, 9.17) is 11.6 Å². The zero-order valence-corrected chi connectivity index (χ0v) is 18.8. The number of aliphatic hydroxyl groups is 1. The van der Waals surface area contributed by atoms with E-state index in [1.165, 1.54) is 22.3 Å². The second-order valence-electron chi connectivity index (χ2n) is 8.02. The third-order valence-corrected chi connectivity index (χ3v) is 5.79. The lowest BCUT2D eigenvalue weighted by Gasteiger charge is -2.27. The van der Waals surface area contributed by atoms with Crippen LogP contribution in [0.5, 0.6) is 0 Å². The molecule has 1 unspecified atom stereocenters. The van der Waals surface area contributed by atoms with Crippen LogP contribution in [0, 0.1) is 13.8 Å². The summed E-state index contributed by atoms with van der Waals surface area (Å²) in [6, 6.07) is 10.00. The van der Waals surface area contributed by atoms with Crippen LogP contribution in [0.4, 0.5) is 0 Å². The monoisotopic (exact) mass is 400 g/mol. The lowest BCUT2D eigenvalue weighted by atomic mass is 9.92. The molecule has 1 aromatic heterocycles. The standard InChI is InChI=1S/C14H18ClN.C10H15NO/c1-10-4-5-12(15)8-13(10)14-9-16(3)7-6-11(14)2;1-4-10(3,12)9-6-5-8(2)11-7-9/h4-5,8H,6-7,9H2,1-3H3;5-7,12H,4H2,1-3H3. The van der Waals surface area contributed by atoms with Gasteiger partial charge in [-0.05, 0) is 82.5 Å². The van der Waals surface area contributed by atoms with E-state index in [0.29, 0.717) is 6.42 Å². The molecule has 2 heterocycles. The van der Waals surface area contributed by atoms with Gasteiger partial charge in [0.2, 0.25) is 0 Å². The lowest BCUT2D eigenvalue weighted by Crippen LogP contribution is -2.27. The van der Waals surface area contributed by atoms with Crippen molar-refractivity contribution in [2.75, 3.05) is 20.1 Å². The molecule has 0 fully saturated rings. The van der Waals surface area contributed by atoms with Gasteiger partial charge in [-0.15, -0.1) is 0 Å². The number of benzene rings is 1. The van der Waals surface area contributed by atoms with E-state index in [1.807, 2.05) is 32.0 Å². The summed E-state index contributed by atoms with van der Waals surface area (Å²) in [6.07, 6.45) is 3.61. The Morgan fingerprint density at radius 1 is 1.18 bits per heavy atom. The minimum absolute atomic E-state index is 0.706. The van der Waals surface area contributed by atoms with Crippen molar-refractivity contribution in [1.82, 2.24) is 9.88 Å². The number of aromatic nitrogens is 1. The highest BCUT2D eigenvalue weighted by molar-refractivity contribution is 6.30. The van der Waals surface area contributed by atoms with Crippen molar-refractivity contribution in [1.29, 1.82) is 0 Å². The van der Waals surface area contributed by atoms with Gasteiger partial charge < -0.3 is 10.0 Å². The highest BCUT2D eigenvalue weighted by Gasteiger charge is 2.20. The first-order valence-corrected chi connectivity index (χ1v) is 10.3. The molecule has 3 rings (SSSR count). The molecule has 0 saturated heterocycles. The van der Waals surface area contributed by atoms with E-state index >= 15 is 0 Å². The first-order chi connectivity index (χ1) is 13.1. The molecule has 0 amide bonds. The number of hydrogen-bond donors (Lipinski definition) is 1. The normalized spacial score (nSPS) is 17.0. The second kappa shape index (κ2) is 9.69. The summed E-state index contributed by atoms with van der Waals surface area (Å²) in [6.45, 7) is 12.3. The van der Waals surface area contributed by atoms with Gasteiger partial charge in [0.05, 0.1) is 5.60 Å². The summed E-state index contributed by atoms with van der Waals surface area (Å²) >= 11 is 6.08. The van der Waals surface area contributed by atoms with Crippen LogP contribution in [0.2, 0.25) is 5.02 Å². The summed E-state index contributed by atoms with van der Waals surface area (Å²) in [7, 11) is 2.17. The number of pyridine rings is 1. The molecule has 1 aliphatic rings. The Hall–Kier alpha value is -1.68. The number of nitrogens with zero attached hydrogens (tertiary/aromatic N) is 2. The number of rotatable bonds is 3. The number of aryl methyl sites for hydroxylation is 2. The molecule has 0 spiro atoms. The molecule has 0 saturated carbocycles. The third-order valence-electron chi connectivity index (χ3n) is 5.56. The highest BCUT2D eigenvalue weighted by Crippen LogP contribution is 2.29. The van der Waals surface area contributed by atoms with Crippen LogP contribution < -0.4 is 0 Å². The van der Waals surface area contributed by atoms with Crippen LogP contribution >= 0.6 is 11.6 Å². The van der Waals surface area contributed by atoms with E-state index in [2.05, 4.69) is 42.9 Å². The van der Waals surface area contributed by atoms with Crippen molar-refractivity contribution in [2.24, 2.45) is 0 Å².